The summed E-state index contributed by atoms with van der Waals surface area (Å²) in [4.78, 5) is 0. The van der Waals surface area contributed by atoms with Crippen molar-refractivity contribution in [2.45, 2.75) is 6.92 Å². The van der Waals surface area contributed by atoms with Crippen LogP contribution in [0.15, 0.2) is 24.3 Å². The second-order valence-corrected chi connectivity index (χ2v) is 4.52. The Morgan fingerprint density at radius 3 is 2.53 bits per heavy atom. The van der Waals surface area contributed by atoms with Gasteiger partial charge in [0.2, 0.25) is 0 Å². The van der Waals surface area contributed by atoms with Gasteiger partial charge < -0.3 is 4.74 Å². The fourth-order valence-electron chi connectivity index (χ4n) is 1.21. The van der Waals surface area contributed by atoms with Crippen molar-refractivity contribution in [2.24, 2.45) is 0 Å². The molecule has 1 aromatic heterocycles. The highest BCUT2D eigenvalue weighted by atomic mass is 35.5. The second-order valence-electron chi connectivity index (χ2n) is 3.33. The lowest BCUT2D eigenvalue weighted by atomic mass is 10.2. The Morgan fingerprint density at radius 1 is 1.00 bits per heavy atom. The highest BCUT2D eigenvalue weighted by Gasteiger charge is 2.09. The second kappa shape index (κ2) is 5.08. The van der Waals surface area contributed by atoms with Crippen LogP contribution >= 0.6 is 34.8 Å². The van der Waals surface area contributed by atoms with Gasteiger partial charge in [0.05, 0.1) is 0 Å². The fraction of sp³-hybridized carbons (Fsp3) is 0.0909. The van der Waals surface area contributed by atoms with Gasteiger partial charge in [-0.2, -0.15) is 0 Å². The van der Waals surface area contributed by atoms with Gasteiger partial charge in [0.25, 0.3) is 0 Å². The van der Waals surface area contributed by atoms with Crippen molar-refractivity contribution in [3.63, 3.8) is 0 Å². The third-order valence-corrected chi connectivity index (χ3v) is 2.74. The van der Waals surface area contributed by atoms with Crippen LogP contribution < -0.4 is 4.74 Å². The minimum atomic E-state index is 0.147. The Morgan fingerprint density at radius 2 is 1.76 bits per heavy atom. The largest absolute Gasteiger partial charge is 0.454 e. The number of hydrogen-bond acceptors (Lipinski definition) is 3. The molecule has 0 saturated carbocycles. The van der Waals surface area contributed by atoms with Crippen molar-refractivity contribution >= 4 is 34.8 Å². The Hall–Kier alpha value is -1.03. The molecule has 0 spiro atoms. The summed E-state index contributed by atoms with van der Waals surface area (Å²) >= 11 is 17.5. The van der Waals surface area contributed by atoms with Crippen molar-refractivity contribution < 1.29 is 4.74 Å². The molecule has 0 radical (unpaired) electrons. The molecule has 0 unspecified atom stereocenters. The summed E-state index contributed by atoms with van der Waals surface area (Å²) in [6.07, 6.45) is 0. The smallest absolute Gasteiger partial charge is 0.194 e. The molecule has 88 valence electrons. The molecule has 0 fully saturated rings. The molecule has 3 nitrogen and oxygen atoms in total. The summed E-state index contributed by atoms with van der Waals surface area (Å²) < 4.78 is 5.60. The Bertz CT molecular complexity index is 511. The van der Waals surface area contributed by atoms with Crippen LogP contribution in [0.25, 0.3) is 0 Å². The maximum absolute atomic E-state index is 5.89. The van der Waals surface area contributed by atoms with Gasteiger partial charge in [-0.25, -0.2) is 0 Å². The fourth-order valence-corrected chi connectivity index (χ4v) is 1.64. The summed E-state index contributed by atoms with van der Waals surface area (Å²) in [6, 6.07) is 6.82. The van der Waals surface area contributed by atoms with E-state index in [4.69, 9.17) is 39.5 Å². The predicted octanol–water partition coefficient (Wildman–Crippen LogP) is 4.54. The highest BCUT2D eigenvalue weighted by molar-refractivity contribution is 6.32. The van der Waals surface area contributed by atoms with E-state index in [9.17, 15) is 0 Å². The topological polar surface area (TPSA) is 35.0 Å². The first-order valence-corrected chi connectivity index (χ1v) is 5.82. The molecule has 0 aliphatic rings. The molecule has 0 saturated heterocycles. The number of aryl methyl sites for hydroxylation is 1. The number of rotatable bonds is 2. The maximum atomic E-state index is 5.89. The minimum absolute atomic E-state index is 0.147. The molecular weight excluding hydrogens is 282 g/mol. The van der Waals surface area contributed by atoms with E-state index >= 15 is 0 Å². The van der Waals surface area contributed by atoms with Crippen molar-refractivity contribution in [3.05, 3.63) is 45.2 Å². The molecule has 1 aromatic carbocycles. The number of aromatic nitrogens is 2. The van der Waals surface area contributed by atoms with Gasteiger partial charge in [-0.3, -0.25) is 0 Å². The van der Waals surface area contributed by atoms with E-state index in [0.717, 1.165) is 5.56 Å². The van der Waals surface area contributed by atoms with E-state index < -0.39 is 0 Å². The van der Waals surface area contributed by atoms with Gasteiger partial charge in [0.1, 0.15) is 5.75 Å². The van der Waals surface area contributed by atoms with Gasteiger partial charge in [-0.05, 0) is 24.6 Å². The molecule has 0 N–H and O–H groups in total. The molecule has 0 aliphatic heterocycles. The molecule has 0 bridgehead atoms. The first kappa shape index (κ1) is 12.4. The van der Waals surface area contributed by atoms with Crippen LogP contribution in [0.5, 0.6) is 11.5 Å². The summed E-state index contributed by atoms with van der Waals surface area (Å²) in [5.41, 5.74) is 0.929. The van der Waals surface area contributed by atoms with Crippen LogP contribution in [0.3, 0.4) is 0 Å². The molecular formula is C11H7Cl3N2O. The third-order valence-electron chi connectivity index (χ3n) is 2.06. The van der Waals surface area contributed by atoms with Gasteiger partial charge in [0.15, 0.2) is 16.1 Å². The Kier molecular flexibility index (Phi) is 3.72. The number of benzene rings is 1. The standard InChI is InChI=1S/C11H7Cl3N2O/c1-6-2-3-7(12)4-8(6)17-9-5-10(13)15-16-11(9)14/h2-5H,1H3. The van der Waals surface area contributed by atoms with Crippen LogP contribution in [0.2, 0.25) is 15.3 Å². The number of nitrogens with zero attached hydrogens (tertiary/aromatic N) is 2. The number of hydrogen-bond donors (Lipinski definition) is 0. The van der Waals surface area contributed by atoms with E-state index in [2.05, 4.69) is 10.2 Å². The summed E-state index contributed by atoms with van der Waals surface area (Å²) in [5, 5.41) is 8.19. The lowest BCUT2D eigenvalue weighted by molar-refractivity contribution is 0.475. The maximum Gasteiger partial charge on any atom is 0.194 e. The van der Waals surface area contributed by atoms with Crippen LogP contribution in [-0.4, -0.2) is 10.2 Å². The monoisotopic (exact) mass is 288 g/mol. The van der Waals surface area contributed by atoms with E-state index in [0.29, 0.717) is 16.5 Å². The molecule has 6 heteroatoms. The minimum Gasteiger partial charge on any atom is -0.454 e. The first-order chi connectivity index (χ1) is 8.06. The molecule has 0 atom stereocenters. The molecule has 2 rings (SSSR count). The van der Waals surface area contributed by atoms with Crippen LogP contribution in [-0.2, 0) is 0 Å². The molecule has 1 heterocycles. The van der Waals surface area contributed by atoms with Crippen molar-refractivity contribution in [1.82, 2.24) is 10.2 Å². The summed E-state index contributed by atoms with van der Waals surface area (Å²) in [5.74, 6) is 0.945. The quantitative estimate of drug-likeness (QED) is 0.814. The average molecular weight is 290 g/mol. The zero-order valence-electron chi connectivity index (χ0n) is 8.75. The van der Waals surface area contributed by atoms with E-state index in [1.54, 1.807) is 12.1 Å². The van der Waals surface area contributed by atoms with Gasteiger partial charge in [-0.15, -0.1) is 10.2 Å². The Balaban J connectivity index is 2.37. The van der Waals surface area contributed by atoms with Gasteiger partial charge in [0, 0.05) is 11.1 Å². The highest BCUT2D eigenvalue weighted by Crippen LogP contribution is 2.32. The van der Waals surface area contributed by atoms with Crippen molar-refractivity contribution in [1.29, 1.82) is 0 Å². The zero-order valence-corrected chi connectivity index (χ0v) is 11.0. The molecule has 0 amide bonds. The lowest BCUT2D eigenvalue weighted by Gasteiger charge is -2.09. The van der Waals surface area contributed by atoms with E-state index in [1.165, 1.54) is 6.07 Å². The van der Waals surface area contributed by atoms with Gasteiger partial charge >= 0.3 is 0 Å². The molecule has 0 aliphatic carbocycles. The molecule has 2 aromatic rings. The average Bonchev–Trinajstić information content (AvgIpc) is 2.28. The zero-order chi connectivity index (χ0) is 12.4. The van der Waals surface area contributed by atoms with Gasteiger partial charge in [-0.1, -0.05) is 40.9 Å². The number of halogens is 3. The Labute approximate surface area is 113 Å². The first-order valence-electron chi connectivity index (χ1n) is 4.69. The van der Waals surface area contributed by atoms with Crippen LogP contribution in [0.4, 0.5) is 0 Å². The summed E-state index contributed by atoms with van der Waals surface area (Å²) in [6.45, 7) is 1.90. The van der Waals surface area contributed by atoms with E-state index in [-0.39, 0.29) is 10.3 Å². The van der Waals surface area contributed by atoms with E-state index in [1.807, 2.05) is 13.0 Å². The summed E-state index contributed by atoms with van der Waals surface area (Å²) in [7, 11) is 0. The normalized spacial score (nSPS) is 10.4. The third kappa shape index (κ3) is 3.00. The van der Waals surface area contributed by atoms with Crippen LogP contribution in [0.1, 0.15) is 5.56 Å². The predicted molar refractivity (Wildman–Crippen MR) is 68.3 cm³/mol. The number of ether oxygens (including phenoxy) is 1. The van der Waals surface area contributed by atoms with Crippen molar-refractivity contribution in [2.75, 3.05) is 0 Å². The lowest BCUT2D eigenvalue weighted by Crippen LogP contribution is -1.92. The SMILES string of the molecule is Cc1ccc(Cl)cc1Oc1cc(Cl)nnc1Cl. The van der Waals surface area contributed by atoms with Crippen LogP contribution in [0, 0.1) is 6.92 Å². The molecule has 17 heavy (non-hydrogen) atoms. The van der Waals surface area contributed by atoms with Crippen molar-refractivity contribution in [3.8, 4) is 11.5 Å².